The molecule has 1 saturated carbocycles. The van der Waals surface area contributed by atoms with Crippen LogP contribution in [-0.4, -0.2) is 12.6 Å². The summed E-state index contributed by atoms with van der Waals surface area (Å²) >= 11 is 0. The van der Waals surface area contributed by atoms with E-state index >= 15 is 0 Å². The van der Waals surface area contributed by atoms with Crippen LogP contribution in [0.15, 0.2) is 0 Å². The molecule has 0 aromatic heterocycles. The molecule has 0 amide bonds. The van der Waals surface area contributed by atoms with Crippen molar-refractivity contribution < 1.29 is 0 Å². The molecule has 1 aliphatic rings. The molecule has 1 nitrogen and oxygen atoms in total. The highest BCUT2D eigenvalue weighted by molar-refractivity contribution is 4.79. The predicted molar refractivity (Wildman–Crippen MR) is 77.3 cm³/mol. The first kappa shape index (κ1) is 15.0. The standard InChI is InChI=1S/C16H33N/c1-6-7-14-8-10-15(11-9-14)17-12-13(2)16(3,4)5/h13-15,17H,6-12H2,1-5H3. The van der Waals surface area contributed by atoms with Crippen molar-refractivity contribution in [1.29, 1.82) is 0 Å². The fraction of sp³-hybridized carbons (Fsp3) is 1.00. The lowest BCUT2D eigenvalue weighted by atomic mass is 9.80. The molecule has 1 fully saturated rings. The van der Waals surface area contributed by atoms with E-state index in [4.69, 9.17) is 0 Å². The number of nitrogens with one attached hydrogen (secondary N) is 1. The van der Waals surface area contributed by atoms with Crippen LogP contribution in [0.4, 0.5) is 0 Å². The second kappa shape index (κ2) is 6.78. The average Bonchev–Trinajstić information content (AvgIpc) is 2.27. The molecular formula is C16H33N. The molecule has 0 aromatic carbocycles. The van der Waals surface area contributed by atoms with Crippen molar-refractivity contribution in [2.24, 2.45) is 17.3 Å². The molecule has 17 heavy (non-hydrogen) atoms. The summed E-state index contributed by atoms with van der Waals surface area (Å²) < 4.78 is 0. The Balaban J connectivity index is 2.18. The third kappa shape index (κ3) is 5.42. The van der Waals surface area contributed by atoms with E-state index in [1.807, 2.05) is 0 Å². The van der Waals surface area contributed by atoms with Crippen molar-refractivity contribution in [2.45, 2.75) is 79.2 Å². The van der Waals surface area contributed by atoms with Crippen LogP contribution in [0.3, 0.4) is 0 Å². The van der Waals surface area contributed by atoms with E-state index in [-0.39, 0.29) is 0 Å². The maximum Gasteiger partial charge on any atom is 0.00673 e. The summed E-state index contributed by atoms with van der Waals surface area (Å²) in [5.41, 5.74) is 0.437. The van der Waals surface area contributed by atoms with Crippen molar-refractivity contribution in [1.82, 2.24) is 5.32 Å². The lowest BCUT2D eigenvalue weighted by Crippen LogP contribution is -2.38. The zero-order valence-electron chi connectivity index (χ0n) is 12.7. The van der Waals surface area contributed by atoms with Crippen LogP contribution in [0.5, 0.6) is 0 Å². The van der Waals surface area contributed by atoms with Crippen molar-refractivity contribution in [3.05, 3.63) is 0 Å². The summed E-state index contributed by atoms with van der Waals surface area (Å²) in [6.07, 6.45) is 8.53. The van der Waals surface area contributed by atoms with Gasteiger partial charge in [-0.05, 0) is 49.5 Å². The van der Waals surface area contributed by atoms with Crippen LogP contribution in [0.25, 0.3) is 0 Å². The van der Waals surface area contributed by atoms with Gasteiger partial charge in [-0.25, -0.2) is 0 Å². The van der Waals surface area contributed by atoms with Gasteiger partial charge in [-0.1, -0.05) is 47.5 Å². The molecule has 0 radical (unpaired) electrons. The Morgan fingerprint density at radius 2 is 1.71 bits per heavy atom. The Kier molecular flexibility index (Phi) is 5.99. The van der Waals surface area contributed by atoms with Crippen LogP contribution in [0.1, 0.15) is 73.1 Å². The first-order valence-corrected chi connectivity index (χ1v) is 7.66. The average molecular weight is 239 g/mol. The molecule has 0 saturated heterocycles. The Labute approximate surface area is 109 Å². The smallest absolute Gasteiger partial charge is 0.00673 e. The first-order valence-electron chi connectivity index (χ1n) is 7.66. The highest BCUT2D eigenvalue weighted by Gasteiger charge is 2.23. The monoisotopic (exact) mass is 239 g/mol. The fourth-order valence-corrected chi connectivity index (χ4v) is 2.71. The molecule has 1 unspecified atom stereocenters. The van der Waals surface area contributed by atoms with E-state index in [0.717, 1.165) is 17.9 Å². The Morgan fingerprint density at radius 3 is 2.18 bits per heavy atom. The third-order valence-corrected chi connectivity index (χ3v) is 4.73. The lowest BCUT2D eigenvalue weighted by Gasteiger charge is -2.33. The van der Waals surface area contributed by atoms with Crippen LogP contribution in [0, 0.1) is 17.3 Å². The number of rotatable bonds is 5. The van der Waals surface area contributed by atoms with Crippen molar-refractivity contribution >= 4 is 0 Å². The van der Waals surface area contributed by atoms with Gasteiger partial charge in [0.1, 0.15) is 0 Å². The van der Waals surface area contributed by atoms with Gasteiger partial charge in [-0.2, -0.15) is 0 Å². The van der Waals surface area contributed by atoms with Crippen molar-refractivity contribution in [3.8, 4) is 0 Å². The molecule has 1 heteroatoms. The van der Waals surface area contributed by atoms with Crippen molar-refractivity contribution in [3.63, 3.8) is 0 Å². The van der Waals surface area contributed by atoms with Gasteiger partial charge < -0.3 is 5.32 Å². The molecule has 0 spiro atoms. The van der Waals surface area contributed by atoms with Gasteiger partial charge in [0.05, 0.1) is 0 Å². The fourth-order valence-electron chi connectivity index (χ4n) is 2.71. The zero-order valence-corrected chi connectivity index (χ0v) is 12.7. The summed E-state index contributed by atoms with van der Waals surface area (Å²) in [6.45, 7) is 12.9. The predicted octanol–water partition coefficient (Wildman–Crippen LogP) is 4.62. The zero-order chi connectivity index (χ0) is 12.9. The molecule has 102 valence electrons. The Bertz CT molecular complexity index is 196. The van der Waals surface area contributed by atoms with Gasteiger partial charge in [0.25, 0.3) is 0 Å². The minimum atomic E-state index is 0.437. The van der Waals surface area contributed by atoms with Crippen molar-refractivity contribution in [2.75, 3.05) is 6.54 Å². The SMILES string of the molecule is CCCC1CCC(NCC(C)C(C)(C)C)CC1. The second-order valence-electron chi connectivity index (χ2n) is 7.18. The summed E-state index contributed by atoms with van der Waals surface area (Å²) in [4.78, 5) is 0. The third-order valence-electron chi connectivity index (χ3n) is 4.73. The highest BCUT2D eigenvalue weighted by Crippen LogP contribution is 2.29. The Morgan fingerprint density at radius 1 is 1.12 bits per heavy atom. The number of hydrogen-bond acceptors (Lipinski definition) is 1. The van der Waals surface area contributed by atoms with Gasteiger partial charge in [0.2, 0.25) is 0 Å². The summed E-state index contributed by atoms with van der Waals surface area (Å²) in [5, 5.41) is 3.79. The van der Waals surface area contributed by atoms with Gasteiger partial charge in [-0.3, -0.25) is 0 Å². The molecule has 1 N–H and O–H groups in total. The molecule has 0 bridgehead atoms. The summed E-state index contributed by atoms with van der Waals surface area (Å²) in [5.74, 6) is 1.79. The molecule has 1 rings (SSSR count). The molecular weight excluding hydrogens is 206 g/mol. The molecule has 1 aliphatic carbocycles. The summed E-state index contributed by atoms with van der Waals surface area (Å²) in [7, 11) is 0. The molecule has 0 aromatic rings. The van der Waals surface area contributed by atoms with E-state index in [9.17, 15) is 0 Å². The maximum atomic E-state index is 3.79. The second-order valence-corrected chi connectivity index (χ2v) is 7.18. The highest BCUT2D eigenvalue weighted by atomic mass is 14.9. The molecule has 0 heterocycles. The van der Waals surface area contributed by atoms with Crippen LogP contribution >= 0.6 is 0 Å². The largest absolute Gasteiger partial charge is 0.314 e. The van der Waals surface area contributed by atoms with E-state index < -0.39 is 0 Å². The summed E-state index contributed by atoms with van der Waals surface area (Å²) in [6, 6.07) is 0.799. The van der Waals surface area contributed by atoms with E-state index in [1.54, 1.807) is 0 Å². The maximum absolute atomic E-state index is 3.79. The van der Waals surface area contributed by atoms with Gasteiger partial charge >= 0.3 is 0 Å². The van der Waals surface area contributed by atoms with E-state index in [1.165, 1.54) is 45.1 Å². The minimum absolute atomic E-state index is 0.437. The first-order chi connectivity index (χ1) is 7.93. The molecule has 1 atom stereocenters. The Hall–Kier alpha value is -0.0400. The quantitative estimate of drug-likeness (QED) is 0.738. The van der Waals surface area contributed by atoms with E-state index in [2.05, 4.69) is 39.9 Å². The van der Waals surface area contributed by atoms with Crippen LogP contribution in [-0.2, 0) is 0 Å². The topological polar surface area (TPSA) is 12.0 Å². The molecule has 0 aliphatic heterocycles. The van der Waals surface area contributed by atoms with Crippen LogP contribution in [0.2, 0.25) is 0 Å². The van der Waals surface area contributed by atoms with Crippen LogP contribution < -0.4 is 5.32 Å². The lowest BCUT2D eigenvalue weighted by molar-refractivity contribution is 0.221. The minimum Gasteiger partial charge on any atom is -0.314 e. The number of hydrogen-bond donors (Lipinski definition) is 1. The van der Waals surface area contributed by atoms with Gasteiger partial charge in [-0.15, -0.1) is 0 Å². The van der Waals surface area contributed by atoms with Gasteiger partial charge in [0, 0.05) is 6.04 Å². The normalized spacial score (nSPS) is 28.1. The van der Waals surface area contributed by atoms with E-state index in [0.29, 0.717) is 5.41 Å². The van der Waals surface area contributed by atoms with Gasteiger partial charge in [0.15, 0.2) is 0 Å².